The number of aliphatic hydroxyl groups excluding tert-OH is 5. The fourth-order valence-corrected chi connectivity index (χ4v) is 4.33. The Balaban J connectivity index is 1.80. The molecule has 0 saturated heterocycles. The number of nitrogens with one attached hydrogen (secondary N) is 2. The Morgan fingerprint density at radius 2 is 1.79 bits per heavy atom. The number of hydrogen-bond donors (Lipinski definition) is 8. The largest absolute Gasteiger partial charge is 0.394 e. The first kappa shape index (κ1) is 30.1. The second-order valence-electron chi connectivity index (χ2n) is 8.73. The SMILES string of the molecule is CCn1c(CNC(=O)c2nc(Cl)cnc2N)[n+](CC)c2ccc(C(=O)NC[C@H](O)[C@@H](O)[C@H](O)[C@H](O)CO)cc21. The average Bonchev–Trinajstić information content (AvgIpc) is 3.25. The van der Waals surface area contributed by atoms with E-state index in [0.717, 1.165) is 16.9 Å². The Bertz CT molecular complexity index is 1340. The van der Waals surface area contributed by atoms with Crippen molar-refractivity contribution in [2.75, 3.05) is 18.9 Å². The van der Waals surface area contributed by atoms with E-state index in [0.29, 0.717) is 13.1 Å². The van der Waals surface area contributed by atoms with Gasteiger partial charge in [-0.05, 0) is 26.0 Å². The topological polar surface area (TPSA) is 220 Å². The van der Waals surface area contributed by atoms with Gasteiger partial charge in [-0.2, -0.15) is 0 Å². The highest BCUT2D eigenvalue weighted by molar-refractivity contribution is 6.29. The molecule has 0 aliphatic rings. The number of nitrogens with two attached hydrogens (primary N) is 1. The minimum atomic E-state index is -1.79. The molecule has 3 rings (SSSR count). The second kappa shape index (κ2) is 13.1. The van der Waals surface area contributed by atoms with Gasteiger partial charge in [0.2, 0.25) is 0 Å². The van der Waals surface area contributed by atoms with E-state index in [9.17, 15) is 30.0 Å². The van der Waals surface area contributed by atoms with Gasteiger partial charge in [0.05, 0.1) is 32.0 Å². The summed E-state index contributed by atoms with van der Waals surface area (Å²) in [4.78, 5) is 33.3. The molecular formula is C24H33ClN7O7+. The molecule has 0 unspecified atom stereocenters. The number of nitrogens with zero attached hydrogens (tertiary/aromatic N) is 4. The quantitative estimate of drug-likeness (QED) is 0.114. The Labute approximate surface area is 228 Å². The number of aromatic nitrogens is 4. The number of aryl methyl sites for hydroxylation is 2. The van der Waals surface area contributed by atoms with E-state index in [1.54, 1.807) is 18.2 Å². The minimum absolute atomic E-state index is 0.0346. The van der Waals surface area contributed by atoms with E-state index >= 15 is 0 Å². The van der Waals surface area contributed by atoms with E-state index in [2.05, 4.69) is 20.6 Å². The molecule has 4 atom stereocenters. The molecule has 9 N–H and O–H groups in total. The zero-order valence-corrected chi connectivity index (χ0v) is 22.2. The van der Waals surface area contributed by atoms with Gasteiger partial charge in [-0.15, -0.1) is 0 Å². The standard InChI is InChI=1S/C24H32ClN7O7/c1-3-31-13-6-5-12(23(38)28-8-15(34)20(36)21(37)16(35)11-33)7-14(13)32(4-2)18(31)10-29-24(39)19-22(26)27-9-17(25)30-19/h5-7,9,15-16,20-21,33-37H,3-4,8,10-11H2,1-2H3,(H3-,26,27,28,29,38,39)/p+1/t15-,16+,20+,21+/m0/s1. The highest BCUT2D eigenvalue weighted by Gasteiger charge is 2.30. The average molecular weight is 567 g/mol. The summed E-state index contributed by atoms with van der Waals surface area (Å²) in [6.07, 6.45) is -5.58. The highest BCUT2D eigenvalue weighted by Crippen LogP contribution is 2.18. The van der Waals surface area contributed by atoms with Crippen molar-refractivity contribution in [3.8, 4) is 0 Å². The van der Waals surface area contributed by atoms with Crippen LogP contribution in [0.15, 0.2) is 24.4 Å². The van der Waals surface area contributed by atoms with Crippen molar-refractivity contribution in [3.05, 3.63) is 46.6 Å². The summed E-state index contributed by atoms with van der Waals surface area (Å²) >= 11 is 5.85. The first-order chi connectivity index (χ1) is 18.5. The number of aliphatic hydroxyl groups is 5. The number of benzene rings is 1. The number of carbonyl (C=O) groups excluding carboxylic acids is 2. The number of rotatable bonds is 12. The summed E-state index contributed by atoms with van der Waals surface area (Å²) in [5.41, 5.74) is 7.49. The van der Waals surface area contributed by atoms with Crippen LogP contribution in [0, 0.1) is 0 Å². The van der Waals surface area contributed by atoms with E-state index in [4.69, 9.17) is 22.4 Å². The molecule has 2 heterocycles. The number of halogens is 1. The lowest BCUT2D eigenvalue weighted by Gasteiger charge is -2.25. The van der Waals surface area contributed by atoms with Gasteiger partial charge in [0, 0.05) is 18.2 Å². The number of amides is 2. The molecule has 2 amide bonds. The van der Waals surface area contributed by atoms with Crippen molar-refractivity contribution < 1.29 is 39.7 Å². The van der Waals surface area contributed by atoms with E-state index < -0.39 is 49.4 Å². The first-order valence-electron chi connectivity index (χ1n) is 12.3. The van der Waals surface area contributed by atoms with Crippen LogP contribution in [-0.4, -0.2) is 89.4 Å². The number of carbonyl (C=O) groups is 2. The Morgan fingerprint density at radius 3 is 2.44 bits per heavy atom. The van der Waals surface area contributed by atoms with Crippen molar-refractivity contribution in [3.63, 3.8) is 0 Å². The number of fused-ring (bicyclic) bond motifs is 1. The van der Waals surface area contributed by atoms with Crippen LogP contribution in [0.3, 0.4) is 0 Å². The molecule has 39 heavy (non-hydrogen) atoms. The van der Waals surface area contributed by atoms with Crippen LogP contribution in [0.4, 0.5) is 5.82 Å². The van der Waals surface area contributed by atoms with Crippen LogP contribution in [0.1, 0.15) is 40.5 Å². The summed E-state index contributed by atoms with van der Waals surface area (Å²) in [6.45, 7) is 3.86. The molecule has 0 aliphatic carbocycles. The number of imidazole rings is 1. The molecule has 1 aromatic carbocycles. The monoisotopic (exact) mass is 566 g/mol. The van der Waals surface area contributed by atoms with Crippen molar-refractivity contribution in [2.45, 2.75) is 57.9 Å². The molecule has 0 fully saturated rings. The minimum Gasteiger partial charge on any atom is -0.394 e. The molecule has 0 spiro atoms. The summed E-state index contributed by atoms with van der Waals surface area (Å²) < 4.78 is 3.93. The predicted molar refractivity (Wildman–Crippen MR) is 140 cm³/mol. The highest BCUT2D eigenvalue weighted by atomic mass is 35.5. The molecule has 0 saturated carbocycles. The lowest BCUT2D eigenvalue weighted by Crippen LogP contribution is -2.49. The van der Waals surface area contributed by atoms with Crippen LogP contribution in [0.25, 0.3) is 11.0 Å². The van der Waals surface area contributed by atoms with E-state index in [1.165, 1.54) is 6.20 Å². The van der Waals surface area contributed by atoms with E-state index in [1.807, 2.05) is 23.0 Å². The maximum absolute atomic E-state index is 12.8. The van der Waals surface area contributed by atoms with Gasteiger partial charge in [-0.25, -0.2) is 19.1 Å². The van der Waals surface area contributed by atoms with Crippen LogP contribution in [0.5, 0.6) is 0 Å². The maximum atomic E-state index is 12.8. The summed E-state index contributed by atoms with van der Waals surface area (Å²) in [7, 11) is 0. The van der Waals surface area contributed by atoms with Crippen molar-refractivity contribution in [2.24, 2.45) is 0 Å². The lowest BCUT2D eigenvalue weighted by atomic mass is 10.0. The molecule has 2 aromatic heterocycles. The zero-order valence-electron chi connectivity index (χ0n) is 21.5. The van der Waals surface area contributed by atoms with Gasteiger partial charge in [0.15, 0.2) is 22.5 Å². The smallest absolute Gasteiger partial charge is 0.277 e. The Kier molecular flexibility index (Phi) is 10.1. The summed E-state index contributed by atoms with van der Waals surface area (Å²) in [6, 6.07) is 5.03. The normalized spacial score (nSPS) is 14.6. The van der Waals surface area contributed by atoms with Crippen molar-refractivity contribution in [1.82, 2.24) is 25.2 Å². The lowest BCUT2D eigenvalue weighted by molar-refractivity contribution is -0.676. The second-order valence-corrected chi connectivity index (χ2v) is 9.11. The van der Waals surface area contributed by atoms with Crippen molar-refractivity contribution >= 4 is 40.3 Å². The number of nitrogen functional groups attached to an aromatic ring is 1. The molecule has 0 bridgehead atoms. The predicted octanol–water partition coefficient (Wildman–Crippen LogP) is -1.91. The Morgan fingerprint density at radius 1 is 1.10 bits per heavy atom. The van der Waals surface area contributed by atoms with Gasteiger partial charge in [-0.3, -0.25) is 9.59 Å². The maximum Gasteiger partial charge on any atom is 0.277 e. The van der Waals surface area contributed by atoms with Crippen LogP contribution in [-0.2, 0) is 19.6 Å². The van der Waals surface area contributed by atoms with Gasteiger partial charge in [-0.1, -0.05) is 11.6 Å². The summed E-state index contributed by atoms with van der Waals surface area (Å²) in [5.74, 6) is -0.388. The van der Waals surface area contributed by atoms with Crippen LogP contribution >= 0.6 is 11.6 Å². The van der Waals surface area contributed by atoms with Gasteiger partial charge < -0.3 is 41.9 Å². The molecule has 15 heteroatoms. The third-order valence-electron chi connectivity index (χ3n) is 6.27. The molecule has 0 radical (unpaired) electrons. The van der Waals surface area contributed by atoms with E-state index in [-0.39, 0.29) is 28.8 Å². The third-order valence-corrected chi connectivity index (χ3v) is 6.45. The van der Waals surface area contributed by atoms with Crippen LogP contribution in [0.2, 0.25) is 5.15 Å². The Hall–Kier alpha value is -3.40. The molecule has 0 aliphatic heterocycles. The fraction of sp³-hybridized carbons (Fsp3) is 0.458. The number of hydrogen-bond acceptors (Lipinski definition) is 10. The summed E-state index contributed by atoms with van der Waals surface area (Å²) in [5, 5.41) is 53.4. The van der Waals surface area contributed by atoms with Gasteiger partial charge in [0.25, 0.3) is 17.6 Å². The molecule has 3 aromatic rings. The molecule has 14 nitrogen and oxygen atoms in total. The van der Waals surface area contributed by atoms with Crippen molar-refractivity contribution in [1.29, 1.82) is 0 Å². The van der Waals surface area contributed by atoms with Crippen LogP contribution < -0.4 is 20.9 Å². The first-order valence-corrected chi connectivity index (χ1v) is 12.6. The third kappa shape index (κ3) is 6.61. The molecular weight excluding hydrogens is 534 g/mol. The van der Waals surface area contributed by atoms with Gasteiger partial charge in [0.1, 0.15) is 30.0 Å². The zero-order chi connectivity index (χ0) is 28.9. The number of anilines is 1. The van der Waals surface area contributed by atoms with Gasteiger partial charge >= 0.3 is 0 Å². The fourth-order valence-electron chi connectivity index (χ4n) is 4.20. The molecule has 212 valence electrons.